The van der Waals surface area contributed by atoms with Gasteiger partial charge in [0.2, 0.25) is 5.91 Å². The van der Waals surface area contributed by atoms with E-state index in [1.807, 2.05) is 61.9 Å². The van der Waals surface area contributed by atoms with Crippen LogP contribution in [0.2, 0.25) is 5.02 Å². The lowest BCUT2D eigenvalue weighted by atomic mass is 10.2. The summed E-state index contributed by atoms with van der Waals surface area (Å²) < 4.78 is 8.77. The monoisotopic (exact) mass is 494 g/mol. The van der Waals surface area contributed by atoms with Crippen LogP contribution >= 0.6 is 39.3 Å². The Morgan fingerprint density at radius 3 is 2.69 bits per heavy atom. The maximum atomic E-state index is 12.2. The van der Waals surface area contributed by atoms with Crippen LogP contribution in [0.4, 0.5) is 5.69 Å². The molecule has 6 nitrogen and oxygen atoms in total. The molecule has 0 aliphatic heterocycles. The van der Waals surface area contributed by atoms with Crippen LogP contribution < -0.4 is 10.1 Å². The predicted octanol–water partition coefficient (Wildman–Crippen LogP) is 5.41. The predicted molar refractivity (Wildman–Crippen MR) is 120 cm³/mol. The Kier molecular flexibility index (Phi) is 7.21. The third kappa shape index (κ3) is 5.74. The van der Waals surface area contributed by atoms with E-state index >= 15 is 0 Å². The lowest BCUT2D eigenvalue weighted by molar-refractivity contribution is -0.113. The molecule has 1 heterocycles. The van der Waals surface area contributed by atoms with Gasteiger partial charge in [0, 0.05) is 22.2 Å². The summed E-state index contributed by atoms with van der Waals surface area (Å²) >= 11 is 10.8. The molecule has 152 valence electrons. The third-order valence-electron chi connectivity index (χ3n) is 4.13. The van der Waals surface area contributed by atoms with Crippen LogP contribution in [-0.4, -0.2) is 26.4 Å². The lowest BCUT2D eigenvalue weighted by Crippen LogP contribution is -2.14. The average molecular weight is 496 g/mol. The molecule has 0 bridgehead atoms. The van der Waals surface area contributed by atoms with Crippen LogP contribution in [0.5, 0.6) is 5.75 Å². The van der Waals surface area contributed by atoms with E-state index < -0.39 is 0 Å². The van der Waals surface area contributed by atoms with Gasteiger partial charge in [-0.25, -0.2) is 0 Å². The first kappa shape index (κ1) is 21.7. The number of rotatable bonds is 7. The van der Waals surface area contributed by atoms with Gasteiger partial charge in [0.05, 0.1) is 5.75 Å². The molecule has 1 unspecified atom stereocenters. The molecule has 1 amide bonds. The van der Waals surface area contributed by atoms with Crippen molar-refractivity contribution in [3.8, 4) is 5.75 Å². The summed E-state index contributed by atoms with van der Waals surface area (Å²) in [5.74, 6) is 1.51. The molecule has 0 spiro atoms. The van der Waals surface area contributed by atoms with Crippen molar-refractivity contribution in [2.24, 2.45) is 7.05 Å². The lowest BCUT2D eigenvalue weighted by Gasteiger charge is -2.15. The van der Waals surface area contributed by atoms with Gasteiger partial charge in [0.15, 0.2) is 17.1 Å². The highest BCUT2D eigenvalue weighted by Gasteiger charge is 2.18. The Morgan fingerprint density at radius 2 is 2.00 bits per heavy atom. The molecule has 3 rings (SSSR count). The van der Waals surface area contributed by atoms with Crippen molar-refractivity contribution < 1.29 is 9.53 Å². The van der Waals surface area contributed by atoms with E-state index in [4.69, 9.17) is 16.3 Å². The molecular weight excluding hydrogens is 476 g/mol. The fourth-order valence-electron chi connectivity index (χ4n) is 2.61. The number of carbonyl (C=O) groups excluding carboxylic acids is 1. The van der Waals surface area contributed by atoms with E-state index in [2.05, 4.69) is 31.4 Å². The highest BCUT2D eigenvalue weighted by atomic mass is 79.9. The molecule has 1 N–H and O–H groups in total. The summed E-state index contributed by atoms with van der Waals surface area (Å²) in [7, 11) is 1.86. The number of benzene rings is 2. The minimum atomic E-state index is -0.306. The van der Waals surface area contributed by atoms with Gasteiger partial charge in [-0.3, -0.25) is 4.79 Å². The second kappa shape index (κ2) is 9.65. The van der Waals surface area contributed by atoms with Crippen molar-refractivity contribution in [3.63, 3.8) is 0 Å². The SMILES string of the molecule is Cc1cc(OC(C)c2nnc(SCC(=O)Nc3ccc(Br)cc3)n2C)ccc1Cl. The van der Waals surface area contributed by atoms with Crippen LogP contribution in [-0.2, 0) is 11.8 Å². The number of anilines is 1. The minimum Gasteiger partial charge on any atom is -0.483 e. The number of hydrogen-bond donors (Lipinski definition) is 1. The van der Waals surface area contributed by atoms with Crippen molar-refractivity contribution in [2.75, 3.05) is 11.1 Å². The quantitative estimate of drug-likeness (QED) is 0.444. The maximum absolute atomic E-state index is 12.2. The van der Waals surface area contributed by atoms with Crippen molar-refractivity contribution in [2.45, 2.75) is 25.1 Å². The van der Waals surface area contributed by atoms with Gasteiger partial charge >= 0.3 is 0 Å². The molecule has 1 atom stereocenters. The second-order valence-electron chi connectivity index (χ2n) is 6.41. The summed E-state index contributed by atoms with van der Waals surface area (Å²) in [6, 6.07) is 12.9. The summed E-state index contributed by atoms with van der Waals surface area (Å²) in [6.45, 7) is 3.83. The summed E-state index contributed by atoms with van der Waals surface area (Å²) in [6.07, 6.45) is -0.306. The first-order valence-electron chi connectivity index (χ1n) is 8.84. The molecule has 1 aromatic heterocycles. The Labute approximate surface area is 187 Å². The smallest absolute Gasteiger partial charge is 0.234 e. The number of nitrogens with zero attached hydrogens (tertiary/aromatic N) is 3. The standard InChI is InChI=1S/C20H20BrClN4O2S/c1-12-10-16(8-9-17(12)22)28-13(2)19-24-25-20(26(19)3)29-11-18(27)23-15-6-4-14(21)5-7-15/h4-10,13H,11H2,1-3H3,(H,23,27). The van der Waals surface area contributed by atoms with E-state index in [9.17, 15) is 4.79 Å². The fraction of sp³-hybridized carbons (Fsp3) is 0.250. The number of carbonyl (C=O) groups is 1. The van der Waals surface area contributed by atoms with E-state index in [0.717, 1.165) is 15.7 Å². The number of amides is 1. The van der Waals surface area contributed by atoms with E-state index in [-0.39, 0.29) is 17.8 Å². The number of hydrogen-bond acceptors (Lipinski definition) is 5. The average Bonchev–Trinajstić information content (AvgIpc) is 3.05. The molecule has 0 aliphatic rings. The summed E-state index contributed by atoms with van der Waals surface area (Å²) in [5, 5.41) is 12.6. The molecule has 2 aromatic carbocycles. The molecular formula is C20H20BrClN4O2S. The van der Waals surface area contributed by atoms with E-state index in [1.165, 1.54) is 11.8 Å². The summed E-state index contributed by atoms with van der Waals surface area (Å²) in [5.41, 5.74) is 1.69. The molecule has 0 fully saturated rings. The Hall–Kier alpha value is -2.03. The fourth-order valence-corrected chi connectivity index (χ4v) is 3.71. The first-order chi connectivity index (χ1) is 13.8. The first-order valence-corrected chi connectivity index (χ1v) is 11.0. The molecule has 0 saturated heterocycles. The summed E-state index contributed by atoms with van der Waals surface area (Å²) in [4.78, 5) is 12.2. The Morgan fingerprint density at radius 1 is 1.28 bits per heavy atom. The van der Waals surface area contributed by atoms with Crippen molar-refractivity contribution in [1.82, 2.24) is 14.8 Å². The largest absolute Gasteiger partial charge is 0.483 e. The zero-order chi connectivity index (χ0) is 21.0. The van der Waals surface area contributed by atoms with Crippen molar-refractivity contribution >= 4 is 50.9 Å². The highest BCUT2D eigenvalue weighted by molar-refractivity contribution is 9.10. The number of halogens is 2. The molecule has 29 heavy (non-hydrogen) atoms. The number of nitrogens with one attached hydrogen (secondary N) is 1. The Balaban J connectivity index is 1.58. The third-order valence-corrected chi connectivity index (χ3v) is 6.11. The van der Waals surface area contributed by atoms with E-state index in [1.54, 1.807) is 6.07 Å². The van der Waals surface area contributed by atoms with Crippen molar-refractivity contribution in [1.29, 1.82) is 0 Å². The number of aryl methyl sites for hydroxylation is 1. The molecule has 0 aliphatic carbocycles. The van der Waals surface area contributed by atoms with Gasteiger partial charge < -0.3 is 14.6 Å². The van der Waals surface area contributed by atoms with Gasteiger partial charge in [-0.15, -0.1) is 10.2 Å². The van der Waals surface area contributed by atoms with Gasteiger partial charge in [-0.1, -0.05) is 39.3 Å². The van der Waals surface area contributed by atoms with Crippen molar-refractivity contribution in [3.05, 3.63) is 63.3 Å². The topological polar surface area (TPSA) is 69.0 Å². The van der Waals surface area contributed by atoms with Crippen LogP contribution in [0, 0.1) is 6.92 Å². The maximum Gasteiger partial charge on any atom is 0.234 e. The zero-order valence-electron chi connectivity index (χ0n) is 16.1. The molecule has 0 saturated carbocycles. The van der Waals surface area contributed by atoms with E-state index in [0.29, 0.717) is 21.8 Å². The van der Waals surface area contributed by atoms with Crippen LogP contribution in [0.15, 0.2) is 52.1 Å². The second-order valence-corrected chi connectivity index (χ2v) is 8.68. The Bertz CT molecular complexity index is 1010. The van der Waals surface area contributed by atoms with Crippen LogP contribution in [0.1, 0.15) is 24.4 Å². The van der Waals surface area contributed by atoms with Gasteiger partial charge in [-0.05, 0) is 61.9 Å². The zero-order valence-corrected chi connectivity index (χ0v) is 19.3. The van der Waals surface area contributed by atoms with Gasteiger partial charge in [0.1, 0.15) is 5.75 Å². The number of aromatic nitrogens is 3. The van der Waals surface area contributed by atoms with Crippen LogP contribution in [0.3, 0.4) is 0 Å². The molecule has 9 heteroatoms. The highest BCUT2D eigenvalue weighted by Crippen LogP contribution is 2.26. The molecule has 3 aromatic rings. The van der Waals surface area contributed by atoms with Gasteiger partial charge in [0.25, 0.3) is 0 Å². The number of ether oxygens (including phenoxy) is 1. The normalized spacial score (nSPS) is 11.9. The minimum absolute atomic E-state index is 0.109. The van der Waals surface area contributed by atoms with Crippen LogP contribution in [0.25, 0.3) is 0 Å². The number of thioether (sulfide) groups is 1. The molecule has 0 radical (unpaired) electrons. The van der Waals surface area contributed by atoms with Gasteiger partial charge in [-0.2, -0.15) is 0 Å².